The van der Waals surface area contributed by atoms with Crippen LogP contribution in [0.25, 0.3) is 10.9 Å². The zero-order chi connectivity index (χ0) is 14.3. The highest BCUT2D eigenvalue weighted by Crippen LogP contribution is 2.26. The second kappa shape index (κ2) is 4.87. The molecule has 3 aromatic rings. The summed E-state index contributed by atoms with van der Waals surface area (Å²) in [5.74, 6) is -0.486. The molecular formula is C16H11BrFNO. The van der Waals surface area contributed by atoms with Crippen LogP contribution >= 0.6 is 15.9 Å². The van der Waals surface area contributed by atoms with Gasteiger partial charge < -0.3 is 4.57 Å². The molecule has 100 valence electrons. The molecule has 1 aromatic heterocycles. The summed E-state index contributed by atoms with van der Waals surface area (Å²) in [6.45, 7) is 0. The second-order valence-electron chi connectivity index (χ2n) is 4.62. The average Bonchev–Trinajstić information content (AvgIpc) is 2.76. The molecule has 0 spiro atoms. The number of fused-ring (bicyclic) bond motifs is 1. The van der Waals surface area contributed by atoms with Crippen molar-refractivity contribution in [2.75, 3.05) is 0 Å². The minimum Gasteiger partial charge on any atom is -0.350 e. The van der Waals surface area contributed by atoms with Crippen molar-refractivity contribution in [1.82, 2.24) is 4.57 Å². The van der Waals surface area contributed by atoms with E-state index < -0.39 is 0 Å². The predicted octanol–water partition coefficient (Wildman–Crippen LogP) is 4.31. The molecule has 4 heteroatoms. The molecule has 0 fully saturated rings. The number of nitrogens with zero attached hydrogens (tertiary/aromatic N) is 1. The van der Waals surface area contributed by atoms with Gasteiger partial charge in [-0.15, -0.1) is 0 Å². The summed E-state index contributed by atoms with van der Waals surface area (Å²) in [6.07, 6.45) is 1.81. The Bertz CT molecular complexity index is 822. The third-order valence-electron chi connectivity index (χ3n) is 3.32. The quantitative estimate of drug-likeness (QED) is 0.641. The maximum Gasteiger partial charge on any atom is 0.196 e. The van der Waals surface area contributed by atoms with Gasteiger partial charge in [0.2, 0.25) is 0 Å². The number of rotatable bonds is 2. The van der Waals surface area contributed by atoms with Crippen LogP contribution in [0.2, 0.25) is 0 Å². The molecule has 0 unspecified atom stereocenters. The zero-order valence-electron chi connectivity index (χ0n) is 10.7. The molecule has 0 aliphatic heterocycles. The summed E-state index contributed by atoms with van der Waals surface area (Å²) in [5, 5.41) is 0.899. The van der Waals surface area contributed by atoms with Crippen molar-refractivity contribution in [3.8, 4) is 0 Å². The summed E-state index contributed by atoms with van der Waals surface area (Å²) in [5.41, 5.74) is 2.08. The van der Waals surface area contributed by atoms with Crippen LogP contribution in [0.1, 0.15) is 15.9 Å². The lowest BCUT2D eigenvalue weighted by Gasteiger charge is -2.03. The van der Waals surface area contributed by atoms with Crippen LogP contribution in [-0.4, -0.2) is 10.4 Å². The fourth-order valence-corrected chi connectivity index (χ4v) is 2.87. The Morgan fingerprint density at radius 1 is 1.15 bits per heavy atom. The minimum absolute atomic E-state index is 0.117. The molecule has 0 saturated carbocycles. The Balaban J connectivity index is 2.18. The Morgan fingerprint density at radius 3 is 2.65 bits per heavy atom. The molecule has 1 heterocycles. The highest BCUT2D eigenvalue weighted by atomic mass is 79.9. The van der Waals surface area contributed by atoms with Crippen molar-refractivity contribution in [2.45, 2.75) is 0 Å². The van der Waals surface area contributed by atoms with Crippen molar-refractivity contribution in [1.29, 1.82) is 0 Å². The largest absolute Gasteiger partial charge is 0.350 e. The van der Waals surface area contributed by atoms with Gasteiger partial charge >= 0.3 is 0 Å². The number of carbonyl (C=O) groups excluding carboxylic acids is 1. The number of hydrogen-bond donors (Lipinski definition) is 0. The predicted molar refractivity (Wildman–Crippen MR) is 80.5 cm³/mol. The summed E-state index contributed by atoms with van der Waals surface area (Å²) >= 11 is 3.25. The van der Waals surface area contributed by atoms with Gasteiger partial charge in [-0.25, -0.2) is 4.39 Å². The fraction of sp³-hybridized carbons (Fsp3) is 0.0625. The number of para-hydroxylation sites is 1. The molecule has 2 nitrogen and oxygen atoms in total. The first-order valence-corrected chi connectivity index (χ1v) is 6.91. The Kier molecular flexibility index (Phi) is 3.18. The van der Waals surface area contributed by atoms with Gasteiger partial charge in [-0.3, -0.25) is 4.79 Å². The zero-order valence-corrected chi connectivity index (χ0v) is 12.3. The Hall–Kier alpha value is -1.94. The number of hydrogen-bond acceptors (Lipinski definition) is 1. The third kappa shape index (κ3) is 2.06. The maximum atomic E-state index is 13.1. The van der Waals surface area contributed by atoms with Crippen LogP contribution < -0.4 is 0 Å². The molecule has 0 saturated heterocycles. The van der Waals surface area contributed by atoms with Crippen molar-refractivity contribution >= 4 is 32.6 Å². The van der Waals surface area contributed by atoms with Crippen molar-refractivity contribution in [3.63, 3.8) is 0 Å². The number of aromatic nitrogens is 1. The van der Waals surface area contributed by atoms with E-state index in [9.17, 15) is 9.18 Å². The molecule has 3 rings (SSSR count). The van der Waals surface area contributed by atoms with Crippen LogP contribution in [0, 0.1) is 5.82 Å². The first kappa shape index (κ1) is 13.1. The highest BCUT2D eigenvalue weighted by molar-refractivity contribution is 9.10. The SMILES string of the molecule is Cn1cc(C(=O)c2ccc(F)cc2Br)c2ccccc21. The average molecular weight is 332 g/mol. The smallest absolute Gasteiger partial charge is 0.196 e. The molecule has 0 radical (unpaired) electrons. The number of halogens is 2. The Labute approximate surface area is 124 Å². The van der Waals surface area contributed by atoms with Crippen molar-refractivity contribution in [3.05, 3.63) is 70.1 Å². The van der Waals surface area contributed by atoms with Gasteiger partial charge in [0, 0.05) is 39.7 Å². The summed E-state index contributed by atoms with van der Waals surface area (Å²) < 4.78 is 15.5. The van der Waals surface area contributed by atoms with Crippen LogP contribution in [-0.2, 0) is 7.05 Å². The lowest BCUT2D eigenvalue weighted by molar-refractivity contribution is 0.103. The van der Waals surface area contributed by atoms with E-state index in [0.717, 1.165) is 10.9 Å². The molecule has 0 aliphatic rings. The molecular weight excluding hydrogens is 321 g/mol. The van der Waals surface area contributed by atoms with E-state index in [0.29, 0.717) is 15.6 Å². The van der Waals surface area contributed by atoms with E-state index >= 15 is 0 Å². The molecule has 0 aliphatic carbocycles. The number of ketones is 1. The molecule has 2 aromatic carbocycles. The number of benzene rings is 2. The lowest BCUT2D eigenvalue weighted by Crippen LogP contribution is -2.02. The lowest BCUT2D eigenvalue weighted by atomic mass is 10.0. The van der Waals surface area contributed by atoms with E-state index in [2.05, 4.69) is 15.9 Å². The van der Waals surface area contributed by atoms with Gasteiger partial charge in [0.25, 0.3) is 0 Å². The molecule has 0 bridgehead atoms. The topological polar surface area (TPSA) is 22.0 Å². The third-order valence-corrected chi connectivity index (χ3v) is 3.97. The molecule has 0 N–H and O–H groups in total. The van der Waals surface area contributed by atoms with E-state index in [1.807, 2.05) is 42.1 Å². The summed E-state index contributed by atoms with van der Waals surface area (Å²) in [4.78, 5) is 12.6. The van der Waals surface area contributed by atoms with Crippen LogP contribution in [0.15, 0.2) is 53.1 Å². The first-order valence-electron chi connectivity index (χ1n) is 6.12. The van der Waals surface area contributed by atoms with Gasteiger partial charge in [-0.2, -0.15) is 0 Å². The fourth-order valence-electron chi connectivity index (χ4n) is 2.34. The van der Waals surface area contributed by atoms with E-state index in [4.69, 9.17) is 0 Å². The monoisotopic (exact) mass is 331 g/mol. The van der Waals surface area contributed by atoms with E-state index in [1.165, 1.54) is 18.2 Å². The first-order chi connectivity index (χ1) is 9.58. The van der Waals surface area contributed by atoms with Crippen molar-refractivity contribution < 1.29 is 9.18 Å². The van der Waals surface area contributed by atoms with Gasteiger partial charge in [0.05, 0.1) is 0 Å². The van der Waals surface area contributed by atoms with Crippen LogP contribution in [0.3, 0.4) is 0 Å². The van der Waals surface area contributed by atoms with Crippen LogP contribution in [0.5, 0.6) is 0 Å². The van der Waals surface area contributed by atoms with Gasteiger partial charge in [-0.05, 0) is 40.2 Å². The highest BCUT2D eigenvalue weighted by Gasteiger charge is 2.17. The minimum atomic E-state index is -0.369. The van der Waals surface area contributed by atoms with E-state index in [-0.39, 0.29) is 11.6 Å². The van der Waals surface area contributed by atoms with Crippen LogP contribution in [0.4, 0.5) is 4.39 Å². The van der Waals surface area contributed by atoms with Gasteiger partial charge in [0.1, 0.15) is 5.82 Å². The number of aryl methyl sites for hydroxylation is 1. The van der Waals surface area contributed by atoms with E-state index in [1.54, 1.807) is 0 Å². The number of carbonyl (C=O) groups is 1. The molecule has 20 heavy (non-hydrogen) atoms. The Morgan fingerprint density at radius 2 is 1.90 bits per heavy atom. The maximum absolute atomic E-state index is 13.1. The standard InChI is InChI=1S/C16H11BrFNO/c1-19-9-13(11-4-2-3-5-15(11)19)16(20)12-7-6-10(18)8-14(12)17/h2-9H,1H3. The normalized spacial score (nSPS) is 10.9. The summed E-state index contributed by atoms with van der Waals surface area (Å²) in [6, 6.07) is 11.8. The van der Waals surface area contributed by atoms with Gasteiger partial charge in [0.15, 0.2) is 5.78 Å². The second-order valence-corrected chi connectivity index (χ2v) is 5.48. The van der Waals surface area contributed by atoms with Crippen molar-refractivity contribution in [2.24, 2.45) is 7.05 Å². The summed E-state index contributed by atoms with van der Waals surface area (Å²) in [7, 11) is 1.90. The van der Waals surface area contributed by atoms with Gasteiger partial charge in [-0.1, -0.05) is 18.2 Å². The molecule has 0 amide bonds. The molecule has 0 atom stereocenters.